The topological polar surface area (TPSA) is 77.9 Å². The molecule has 0 spiro atoms. The molecule has 6 nitrogen and oxygen atoms in total. The van der Waals surface area contributed by atoms with E-state index in [4.69, 9.17) is 0 Å². The predicted molar refractivity (Wildman–Crippen MR) is 97.3 cm³/mol. The van der Waals surface area contributed by atoms with Crippen molar-refractivity contribution in [2.75, 3.05) is 19.6 Å². The number of piperazine rings is 1. The van der Waals surface area contributed by atoms with Gasteiger partial charge in [0, 0.05) is 25.7 Å². The molecule has 0 aromatic heterocycles. The van der Waals surface area contributed by atoms with Gasteiger partial charge in [-0.25, -0.2) is 8.42 Å². The Bertz CT molecular complexity index is 858. The molecule has 1 aliphatic heterocycles. The van der Waals surface area contributed by atoms with Crippen molar-refractivity contribution in [3.05, 3.63) is 28.8 Å². The molecule has 10 heteroatoms. The van der Waals surface area contributed by atoms with Gasteiger partial charge in [-0.15, -0.1) is 0 Å². The number of sulfonamides is 1. The highest BCUT2D eigenvalue weighted by Crippen LogP contribution is 2.33. The van der Waals surface area contributed by atoms with E-state index in [0.29, 0.717) is 18.1 Å². The van der Waals surface area contributed by atoms with Crippen LogP contribution in [0.3, 0.4) is 0 Å². The number of amides is 1. The summed E-state index contributed by atoms with van der Waals surface area (Å²) in [6.07, 6.45) is -5.12. The van der Waals surface area contributed by atoms with Crippen molar-refractivity contribution in [3.63, 3.8) is 0 Å². The van der Waals surface area contributed by atoms with Crippen molar-refractivity contribution in [3.8, 4) is 0 Å². The van der Waals surface area contributed by atoms with E-state index >= 15 is 0 Å². The van der Waals surface area contributed by atoms with Crippen molar-refractivity contribution < 1.29 is 31.5 Å². The quantitative estimate of drug-likeness (QED) is 0.810. The van der Waals surface area contributed by atoms with Crippen LogP contribution >= 0.6 is 0 Å². The molecule has 0 saturated carbocycles. The van der Waals surface area contributed by atoms with E-state index in [1.165, 1.54) is 11.2 Å². The van der Waals surface area contributed by atoms with Crippen LogP contribution in [0.2, 0.25) is 0 Å². The number of carbonyl (C=O) groups is 1. The van der Waals surface area contributed by atoms with Crippen LogP contribution in [0.25, 0.3) is 0 Å². The van der Waals surface area contributed by atoms with Crippen molar-refractivity contribution >= 4 is 15.9 Å². The Morgan fingerprint density at radius 2 is 1.64 bits per heavy atom. The summed E-state index contributed by atoms with van der Waals surface area (Å²) >= 11 is 0. The first-order valence-electron chi connectivity index (χ1n) is 8.79. The van der Waals surface area contributed by atoms with Crippen molar-refractivity contribution in [2.24, 2.45) is 0 Å². The Morgan fingerprint density at radius 3 is 2.07 bits per heavy atom. The summed E-state index contributed by atoms with van der Waals surface area (Å²) in [5, 5.41) is 9.61. The van der Waals surface area contributed by atoms with Crippen LogP contribution in [0, 0.1) is 20.8 Å². The average Bonchev–Trinajstić information content (AvgIpc) is 2.51. The zero-order chi connectivity index (χ0) is 21.7. The Kier molecular flexibility index (Phi) is 5.91. The first-order valence-corrected chi connectivity index (χ1v) is 10.2. The third-order valence-corrected chi connectivity index (χ3v) is 7.31. The number of aryl methyl sites for hydroxylation is 3. The summed E-state index contributed by atoms with van der Waals surface area (Å²) in [5.41, 5.74) is -1.42. The van der Waals surface area contributed by atoms with Crippen LogP contribution in [-0.2, 0) is 14.8 Å². The van der Waals surface area contributed by atoms with E-state index in [1.54, 1.807) is 26.0 Å². The third kappa shape index (κ3) is 3.90. The molecule has 0 unspecified atom stereocenters. The second kappa shape index (κ2) is 7.31. The van der Waals surface area contributed by atoms with Gasteiger partial charge in [-0.3, -0.25) is 4.79 Å². The lowest BCUT2D eigenvalue weighted by molar-refractivity contribution is -0.250. The number of benzene rings is 1. The maximum absolute atomic E-state index is 13.2. The number of halogens is 3. The number of nitrogens with zero attached hydrogens (tertiary/aromatic N) is 2. The zero-order valence-electron chi connectivity index (χ0n) is 16.5. The average molecular weight is 422 g/mol. The van der Waals surface area contributed by atoms with Gasteiger partial charge in [0.2, 0.25) is 15.6 Å². The number of alkyl halides is 3. The van der Waals surface area contributed by atoms with Crippen molar-refractivity contribution in [2.45, 2.75) is 57.3 Å². The second-order valence-corrected chi connectivity index (χ2v) is 9.34. The summed E-state index contributed by atoms with van der Waals surface area (Å²) in [5.74, 6) is -1.48. The fraction of sp³-hybridized carbons (Fsp3) is 0.611. The summed E-state index contributed by atoms with van der Waals surface area (Å²) in [6.45, 7) is 6.54. The summed E-state index contributed by atoms with van der Waals surface area (Å²) < 4.78 is 66.4. The molecule has 1 fully saturated rings. The first-order chi connectivity index (χ1) is 12.6. The predicted octanol–water partition coefficient (Wildman–Crippen LogP) is 2.15. The number of carbonyl (C=O) groups excluding carboxylic acids is 1. The molecule has 1 saturated heterocycles. The second-order valence-electron chi connectivity index (χ2n) is 7.51. The van der Waals surface area contributed by atoms with Gasteiger partial charge in [0.1, 0.15) is 0 Å². The highest BCUT2D eigenvalue weighted by molar-refractivity contribution is 7.89. The Balaban J connectivity index is 2.29. The van der Waals surface area contributed by atoms with E-state index in [9.17, 15) is 31.5 Å². The molecular formula is C18H25F3N2O4S. The van der Waals surface area contributed by atoms with Crippen LogP contribution in [0.4, 0.5) is 13.2 Å². The first kappa shape index (κ1) is 22.6. The van der Waals surface area contributed by atoms with Gasteiger partial charge in [-0.1, -0.05) is 17.7 Å². The van der Waals surface area contributed by atoms with E-state index in [1.807, 2.05) is 6.92 Å². The van der Waals surface area contributed by atoms with Gasteiger partial charge in [0.15, 0.2) is 0 Å². The van der Waals surface area contributed by atoms with Gasteiger partial charge in [-0.05, 0) is 45.7 Å². The number of aliphatic hydroxyl groups is 1. The zero-order valence-corrected chi connectivity index (χ0v) is 17.3. The summed E-state index contributed by atoms with van der Waals surface area (Å²) in [4.78, 5) is 13.2. The number of hydrogen-bond acceptors (Lipinski definition) is 4. The molecule has 28 heavy (non-hydrogen) atoms. The summed E-state index contributed by atoms with van der Waals surface area (Å²) in [6, 6.07) is 2.77. The fourth-order valence-corrected chi connectivity index (χ4v) is 5.63. The molecular weight excluding hydrogens is 397 g/mol. The normalized spacial score (nSPS) is 21.5. The lowest BCUT2D eigenvalue weighted by atomic mass is 10.0. The van der Waals surface area contributed by atoms with Crippen LogP contribution in [0.1, 0.15) is 30.5 Å². The molecule has 2 atom stereocenters. The van der Waals surface area contributed by atoms with Crippen molar-refractivity contribution in [1.82, 2.24) is 9.21 Å². The van der Waals surface area contributed by atoms with Crippen molar-refractivity contribution in [1.29, 1.82) is 0 Å². The molecule has 1 amide bonds. The molecule has 1 aromatic rings. The van der Waals surface area contributed by atoms with E-state index in [2.05, 4.69) is 0 Å². The monoisotopic (exact) mass is 422 g/mol. The smallest absolute Gasteiger partial charge is 0.373 e. The molecule has 158 valence electrons. The van der Waals surface area contributed by atoms with Gasteiger partial charge in [0.25, 0.3) is 5.91 Å². The minimum atomic E-state index is -5.12. The van der Waals surface area contributed by atoms with E-state index < -0.39 is 33.7 Å². The van der Waals surface area contributed by atoms with Crippen LogP contribution < -0.4 is 0 Å². The van der Waals surface area contributed by atoms with Crippen LogP contribution in [0.5, 0.6) is 0 Å². The molecule has 1 aliphatic rings. The SMILES string of the molecule is Cc1cc(C)c(S(=O)(=O)N2CCN(C(=O)[C@@](C)(O)C(F)(F)F)C[C@H]2C)c(C)c1. The molecule has 2 rings (SSSR count). The van der Waals surface area contributed by atoms with Gasteiger partial charge in [-0.2, -0.15) is 17.5 Å². The molecule has 1 aromatic carbocycles. The largest absolute Gasteiger partial charge is 0.426 e. The number of rotatable bonds is 3. The Labute approximate surface area is 163 Å². The molecule has 0 aliphatic carbocycles. The van der Waals surface area contributed by atoms with E-state index in [0.717, 1.165) is 10.5 Å². The van der Waals surface area contributed by atoms with E-state index in [-0.39, 0.29) is 24.5 Å². The van der Waals surface area contributed by atoms with Gasteiger partial charge >= 0.3 is 6.18 Å². The lowest BCUT2D eigenvalue weighted by Gasteiger charge is -2.41. The minimum absolute atomic E-state index is 0.157. The standard InChI is InChI=1S/C18H25F3N2O4S/c1-11-8-12(2)15(13(3)9-11)28(26,27)23-7-6-22(10-14(23)4)16(24)17(5,25)18(19,20)21/h8-9,14,25H,6-7,10H2,1-5H3/t14-,17-/m1/s1. The summed E-state index contributed by atoms with van der Waals surface area (Å²) in [7, 11) is -3.89. The maximum Gasteiger partial charge on any atom is 0.426 e. The maximum atomic E-state index is 13.2. The Hall–Kier alpha value is -1.65. The highest BCUT2D eigenvalue weighted by Gasteiger charge is 2.57. The molecule has 0 bridgehead atoms. The van der Waals surface area contributed by atoms with Gasteiger partial charge in [0.05, 0.1) is 4.90 Å². The van der Waals surface area contributed by atoms with Gasteiger partial charge < -0.3 is 10.0 Å². The molecule has 1 N–H and O–H groups in total. The third-order valence-electron chi connectivity index (χ3n) is 4.99. The van der Waals surface area contributed by atoms with Crippen LogP contribution in [-0.4, -0.2) is 66.1 Å². The minimum Gasteiger partial charge on any atom is -0.373 e. The fourth-order valence-electron chi connectivity index (χ4n) is 3.60. The molecule has 1 heterocycles. The molecule has 0 radical (unpaired) electrons. The van der Waals surface area contributed by atoms with Crippen LogP contribution in [0.15, 0.2) is 17.0 Å². The highest BCUT2D eigenvalue weighted by atomic mass is 32.2. The lowest BCUT2D eigenvalue weighted by Crippen LogP contribution is -2.62. The Morgan fingerprint density at radius 1 is 1.14 bits per heavy atom. The number of hydrogen-bond donors (Lipinski definition) is 1.